The van der Waals surface area contributed by atoms with E-state index in [1.54, 1.807) is 12.1 Å². The molecular weight excluding hydrogens is 294 g/mol. The lowest BCUT2D eigenvalue weighted by molar-refractivity contribution is -0.119. The van der Waals surface area contributed by atoms with Crippen LogP contribution < -0.4 is 14.8 Å². The van der Waals surface area contributed by atoms with Gasteiger partial charge in [0, 0.05) is 17.3 Å². The number of hydrogen-bond donors (Lipinski definition) is 2. The van der Waals surface area contributed by atoms with Gasteiger partial charge in [0.2, 0.25) is 5.91 Å². The van der Waals surface area contributed by atoms with Crippen LogP contribution in [0.15, 0.2) is 36.4 Å². The number of aromatic hydroxyl groups is 1. The summed E-state index contributed by atoms with van der Waals surface area (Å²) in [5.74, 6) is 0.869. The van der Waals surface area contributed by atoms with E-state index in [9.17, 15) is 9.90 Å². The normalized spacial score (nSPS) is 20.8. The van der Waals surface area contributed by atoms with Crippen LogP contribution in [-0.4, -0.2) is 24.2 Å². The van der Waals surface area contributed by atoms with Crippen molar-refractivity contribution in [2.24, 2.45) is 0 Å². The standard InChI is InChI=1S/C18H17NO4/c1-2-7-22-16-9-15-12(8-14(16)20)18(10-23-15)11-5-3-4-6-13(11)19-17(18)21/h3-6,8-9,20H,2,7,10H2,1H3,(H,19,21)/t18-/m0/s1. The second-order valence-electron chi connectivity index (χ2n) is 5.86. The van der Waals surface area contributed by atoms with Crippen molar-refractivity contribution < 1.29 is 19.4 Å². The van der Waals surface area contributed by atoms with Gasteiger partial charge in [-0.1, -0.05) is 25.1 Å². The van der Waals surface area contributed by atoms with E-state index in [1.807, 2.05) is 31.2 Å². The maximum atomic E-state index is 12.7. The molecule has 0 bridgehead atoms. The third-order valence-corrected chi connectivity index (χ3v) is 4.45. The quantitative estimate of drug-likeness (QED) is 0.914. The number of benzene rings is 2. The molecule has 2 aliphatic heterocycles. The van der Waals surface area contributed by atoms with Crippen LogP contribution in [0.2, 0.25) is 0 Å². The molecule has 5 heteroatoms. The molecule has 2 aromatic carbocycles. The molecule has 4 rings (SSSR count). The molecule has 1 atom stereocenters. The van der Waals surface area contributed by atoms with Crippen molar-refractivity contribution in [3.63, 3.8) is 0 Å². The Kier molecular flexibility index (Phi) is 2.98. The van der Waals surface area contributed by atoms with Crippen LogP contribution in [0.4, 0.5) is 5.69 Å². The first-order valence-electron chi connectivity index (χ1n) is 7.71. The van der Waals surface area contributed by atoms with Gasteiger partial charge in [-0.15, -0.1) is 0 Å². The van der Waals surface area contributed by atoms with Crippen molar-refractivity contribution in [2.45, 2.75) is 18.8 Å². The largest absolute Gasteiger partial charge is 0.504 e. The Morgan fingerprint density at radius 1 is 1.30 bits per heavy atom. The molecule has 2 aromatic rings. The summed E-state index contributed by atoms with van der Waals surface area (Å²) >= 11 is 0. The fourth-order valence-corrected chi connectivity index (χ4v) is 3.32. The van der Waals surface area contributed by atoms with Crippen LogP contribution in [0.5, 0.6) is 17.2 Å². The number of carbonyl (C=O) groups excluding carboxylic acids is 1. The monoisotopic (exact) mass is 311 g/mol. The van der Waals surface area contributed by atoms with Gasteiger partial charge < -0.3 is 19.9 Å². The Bertz CT molecular complexity index is 802. The van der Waals surface area contributed by atoms with Crippen LogP contribution in [0, 0.1) is 0 Å². The molecule has 1 amide bonds. The molecule has 0 aliphatic carbocycles. The molecule has 5 nitrogen and oxygen atoms in total. The van der Waals surface area contributed by atoms with E-state index in [0.29, 0.717) is 23.7 Å². The molecule has 0 saturated heterocycles. The van der Waals surface area contributed by atoms with Crippen molar-refractivity contribution in [1.82, 2.24) is 0 Å². The highest BCUT2D eigenvalue weighted by atomic mass is 16.5. The van der Waals surface area contributed by atoms with Crippen LogP contribution in [0.1, 0.15) is 24.5 Å². The summed E-state index contributed by atoms with van der Waals surface area (Å²) in [6.07, 6.45) is 0.844. The average molecular weight is 311 g/mol. The Hall–Kier alpha value is -2.69. The minimum atomic E-state index is -0.896. The lowest BCUT2D eigenvalue weighted by Crippen LogP contribution is -2.37. The number of anilines is 1. The van der Waals surface area contributed by atoms with Gasteiger partial charge in [0.1, 0.15) is 17.8 Å². The SMILES string of the molecule is CCCOc1cc2c(cc1O)[C@@]1(CO2)C(=O)Nc2ccccc21. The van der Waals surface area contributed by atoms with Gasteiger partial charge in [-0.25, -0.2) is 0 Å². The third-order valence-electron chi connectivity index (χ3n) is 4.45. The fraction of sp³-hybridized carbons (Fsp3) is 0.278. The van der Waals surface area contributed by atoms with Gasteiger partial charge >= 0.3 is 0 Å². The van der Waals surface area contributed by atoms with Crippen molar-refractivity contribution in [2.75, 3.05) is 18.5 Å². The van der Waals surface area contributed by atoms with Gasteiger partial charge in [0.25, 0.3) is 0 Å². The maximum absolute atomic E-state index is 12.7. The van der Waals surface area contributed by atoms with E-state index in [0.717, 1.165) is 17.7 Å². The molecule has 0 radical (unpaired) electrons. The third kappa shape index (κ3) is 1.82. The first-order chi connectivity index (χ1) is 11.2. The zero-order chi connectivity index (χ0) is 16.0. The highest BCUT2D eigenvalue weighted by Crippen LogP contribution is 2.52. The second kappa shape index (κ2) is 4.91. The molecule has 0 fully saturated rings. The highest BCUT2D eigenvalue weighted by molar-refractivity contribution is 6.09. The minimum Gasteiger partial charge on any atom is -0.504 e. The summed E-state index contributed by atoms with van der Waals surface area (Å²) in [4.78, 5) is 12.7. The van der Waals surface area contributed by atoms with E-state index in [-0.39, 0.29) is 18.3 Å². The lowest BCUT2D eigenvalue weighted by atomic mass is 9.77. The van der Waals surface area contributed by atoms with Crippen molar-refractivity contribution in [3.8, 4) is 17.2 Å². The summed E-state index contributed by atoms with van der Waals surface area (Å²) in [7, 11) is 0. The highest BCUT2D eigenvalue weighted by Gasteiger charge is 2.54. The molecule has 2 aliphatic rings. The minimum absolute atomic E-state index is 0.0271. The van der Waals surface area contributed by atoms with Crippen LogP contribution in [0.3, 0.4) is 0 Å². The molecule has 118 valence electrons. The van der Waals surface area contributed by atoms with E-state index >= 15 is 0 Å². The Morgan fingerprint density at radius 3 is 2.96 bits per heavy atom. The number of phenols is 1. The summed E-state index contributed by atoms with van der Waals surface area (Å²) < 4.78 is 11.3. The predicted octanol–water partition coefficient (Wildman–Crippen LogP) is 2.81. The number of phenolic OH excluding ortho intramolecular Hbond substituents is 1. The predicted molar refractivity (Wildman–Crippen MR) is 85.2 cm³/mol. The fourth-order valence-electron chi connectivity index (χ4n) is 3.32. The number of para-hydroxylation sites is 1. The molecule has 0 saturated carbocycles. The first-order valence-corrected chi connectivity index (χ1v) is 7.71. The zero-order valence-electron chi connectivity index (χ0n) is 12.8. The van der Waals surface area contributed by atoms with Crippen molar-refractivity contribution in [3.05, 3.63) is 47.5 Å². The molecule has 0 unspecified atom stereocenters. The molecule has 2 heterocycles. The summed E-state index contributed by atoms with van der Waals surface area (Å²) in [6.45, 7) is 2.73. The van der Waals surface area contributed by atoms with Crippen LogP contribution in [-0.2, 0) is 10.2 Å². The van der Waals surface area contributed by atoms with E-state index in [4.69, 9.17) is 9.47 Å². The van der Waals surface area contributed by atoms with Crippen LogP contribution in [0.25, 0.3) is 0 Å². The number of nitrogens with one attached hydrogen (secondary N) is 1. The maximum Gasteiger partial charge on any atom is 0.243 e. The Morgan fingerprint density at radius 2 is 2.13 bits per heavy atom. The first kappa shape index (κ1) is 13.9. The van der Waals surface area contributed by atoms with Crippen molar-refractivity contribution >= 4 is 11.6 Å². The van der Waals surface area contributed by atoms with E-state index in [1.165, 1.54) is 0 Å². The Balaban J connectivity index is 1.85. The van der Waals surface area contributed by atoms with E-state index < -0.39 is 5.41 Å². The summed E-state index contributed by atoms with van der Waals surface area (Å²) in [5.41, 5.74) is 1.46. The van der Waals surface area contributed by atoms with Gasteiger partial charge in [0.05, 0.1) is 6.61 Å². The topological polar surface area (TPSA) is 67.8 Å². The molecule has 2 N–H and O–H groups in total. The zero-order valence-corrected chi connectivity index (χ0v) is 12.8. The lowest BCUT2D eigenvalue weighted by Gasteiger charge is -2.20. The number of hydrogen-bond acceptors (Lipinski definition) is 4. The van der Waals surface area contributed by atoms with Gasteiger partial charge in [-0.05, 0) is 24.1 Å². The molecular formula is C18H17NO4. The number of carbonyl (C=O) groups is 1. The van der Waals surface area contributed by atoms with E-state index in [2.05, 4.69) is 5.32 Å². The molecule has 1 spiro atoms. The van der Waals surface area contributed by atoms with Gasteiger partial charge in [0.15, 0.2) is 11.5 Å². The summed E-state index contributed by atoms with van der Waals surface area (Å²) in [5, 5.41) is 13.2. The summed E-state index contributed by atoms with van der Waals surface area (Å²) in [6, 6.07) is 10.8. The van der Waals surface area contributed by atoms with Crippen molar-refractivity contribution in [1.29, 1.82) is 0 Å². The second-order valence-corrected chi connectivity index (χ2v) is 5.86. The number of fused-ring (bicyclic) bond motifs is 4. The number of ether oxygens (including phenoxy) is 2. The number of rotatable bonds is 3. The van der Waals surface area contributed by atoms with Gasteiger partial charge in [-0.2, -0.15) is 0 Å². The number of amides is 1. The smallest absolute Gasteiger partial charge is 0.243 e. The molecule has 23 heavy (non-hydrogen) atoms. The Labute approximate surface area is 133 Å². The van der Waals surface area contributed by atoms with Crippen LogP contribution >= 0.6 is 0 Å². The average Bonchev–Trinajstić information content (AvgIpc) is 3.06. The molecule has 0 aromatic heterocycles. The van der Waals surface area contributed by atoms with Gasteiger partial charge in [-0.3, -0.25) is 4.79 Å².